The lowest BCUT2D eigenvalue weighted by molar-refractivity contribution is 0.589. The first-order chi connectivity index (χ1) is 15.2. The summed E-state index contributed by atoms with van der Waals surface area (Å²) in [7, 11) is -3.72. The molecule has 0 fully saturated rings. The zero-order chi connectivity index (χ0) is 21.3. The van der Waals surface area contributed by atoms with Gasteiger partial charge in [-0.1, -0.05) is 97.1 Å². The number of fused-ring (bicyclic) bond motifs is 1. The smallest absolute Gasteiger partial charge is 0.189 e. The van der Waals surface area contributed by atoms with Crippen LogP contribution in [-0.4, -0.2) is 13.4 Å². The summed E-state index contributed by atoms with van der Waals surface area (Å²) in [5.41, 5.74) is 4.22. The van der Waals surface area contributed by atoms with E-state index in [9.17, 15) is 8.42 Å². The summed E-state index contributed by atoms with van der Waals surface area (Å²) in [4.78, 5) is 3.80. The fraction of sp³-hybridized carbons (Fsp3) is 0.0370. The van der Waals surface area contributed by atoms with Gasteiger partial charge in [0.05, 0.1) is 10.6 Å². The maximum Gasteiger partial charge on any atom is 0.189 e. The maximum absolute atomic E-state index is 14.0. The molecule has 1 N–H and O–H groups in total. The number of para-hydroxylation sites is 1. The van der Waals surface area contributed by atoms with Crippen LogP contribution in [0, 0.1) is 0 Å². The van der Waals surface area contributed by atoms with Crippen LogP contribution in [0.1, 0.15) is 16.4 Å². The Morgan fingerprint density at radius 2 is 1.16 bits per heavy atom. The lowest BCUT2D eigenvalue weighted by Gasteiger charge is -2.20. The summed E-state index contributed by atoms with van der Waals surface area (Å²) in [5.74, 6) is 0. The van der Waals surface area contributed by atoms with Crippen molar-refractivity contribution in [3.8, 4) is 11.3 Å². The van der Waals surface area contributed by atoms with Gasteiger partial charge in [-0.2, -0.15) is 0 Å². The van der Waals surface area contributed by atoms with Crippen molar-refractivity contribution >= 4 is 20.7 Å². The van der Waals surface area contributed by atoms with E-state index in [0.717, 1.165) is 33.3 Å². The van der Waals surface area contributed by atoms with Gasteiger partial charge in [-0.15, -0.1) is 0 Å². The second-order valence-corrected chi connectivity index (χ2v) is 9.51. The van der Waals surface area contributed by atoms with Crippen LogP contribution in [0.2, 0.25) is 0 Å². The monoisotopic (exact) mass is 423 g/mol. The zero-order valence-corrected chi connectivity index (χ0v) is 17.6. The molecule has 1 unspecified atom stereocenters. The Balaban J connectivity index is 1.86. The van der Waals surface area contributed by atoms with E-state index in [0.29, 0.717) is 4.90 Å². The molecule has 0 spiro atoms. The third kappa shape index (κ3) is 3.45. The Bertz CT molecular complexity index is 1420. The lowest BCUT2D eigenvalue weighted by Crippen LogP contribution is -2.16. The number of H-pyrrole nitrogens is 1. The number of sulfone groups is 1. The van der Waals surface area contributed by atoms with Crippen molar-refractivity contribution in [1.29, 1.82) is 0 Å². The Morgan fingerprint density at radius 3 is 1.84 bits per heavy atom. The summed E-state index contributed by atoms with van der Waals surface area (Å²) in [5, 5.41) is 0.0668. The number of aromatic amines is 1. The molecule has 4 heteroatoms. The highest BCUT2D eigenvalue weighted by Gasteiger charge is 2.35. The minimum atomic E-state index is -3.72. The van der Waals surface area contributed by atoms with E-state index in [4.69, 9.17) is 0 Å². The number of rotatable bonds is 5. The second-order valence-electron chi connectivity index (χ2n) is 7.47. The Kier molecular flexibility index (Phi) is 4.92. The number of nitrogens with one attached hydrogen (secondary N) is 1. The molecule has 5 aromatic rings. The minimum absolute atomic E-state index is 0.313. The van der Waals surface area contributed by atoms with Gasteiger partial charge in [-0.25, -0.2) is 8.42 Å². The molecule has 0 saturated carbocycles. The molecule has 0 aliphatic carbocycles. The molecule has 1 heterocycles. The molecule has 5 rings (SSSR count). The van der Waals surface area contributed by atoms with Gasteiger partial charge in [0.15, 0.2) is 9.84 Å². The standard InChI is InChI=1S/C27H21NO2S/c29-31(30,22-16-8-3-9-17-22)27(21-14-6-2-7-15-21)25-23-18-10-11-19-24(23)28-26(25)20-12-4-1-5-13-20/h1-19,27-28H. The predicted octanol–water partition coefficient (Wildman–Crippen LogP) is 6.40. The molecule has 3 nitrogen and oxygen atoms in total. The van der Waals surface area contributed by atoms with Gasteiger partial charge >= 0.3 is 0 Å². The predicted molar refractivity (Wildman–Crippen MR) is 126 cm³/mol. The molecular formula is C27H21NO2S. The van der Waals surface area contributed by atoms with Gasteiger partial charge in [-0.3, -0.25) is 0 Å². The van der Waals surface area contributed by atoms with Gasteiger partial charge in [0.25, 0.3) is 0 Å². The number of aromatic nitrogens is 1. The van der Waals surface area contributed by atoms with Crippen molar-refractivity contribution in [3.05, 3.63) is 126 Å². The van der Waals surface area contributed by atoms with Crippen LogP contribution in [0.4, 0.5) is 0 Å². The fourth-order valence-corrected chi connectivity index (χ4v) is 6.02. The first-order valence-corrected chi connectivity index (χ1v) is 11.7. The summed E-state index contributed by atoms with van der Waals surface area (Å²) in [6.07, 6.45) is 0. The van der Waals surface area contributed by atoms with E-state index in [2.05, 4.69) is 4.98 Å². The van der Waals surface area contributed by atoms with E-state index >= 15 is 0 Å². The Morgan fingerprint density at radius 1 is 0.613 bits per heavy atom. The van der Waals surface area contributed by atoms with Crippen molar-refractivity contribution in [2.24, 2.45) is 0 Å². The average molecular weight is 424 g/mol. The first kappa shape index (κ1) is 19.3. The third-order valence-electron chi connectivity index (χ3n) is 5.56. The Hall–Kier alpha value is -3.63. The second kappa shape index (κ2) is 7.89. The van der Waals surface area contributed by atoms with Gasteiger partial charge in [-0.05, 0) is 29.3 Å². The molecule has 31 heavy (non-hydrogen) atoms. The molecule has 152 valence electrons. The van der Waals surface area contributed by atoms with Crippen LogP contribution < -0.4 is 0 Å². The summed E-state index contributed by atoms with van der Waals surface area (Å²) in [6, 6.07) is 36.0. The molecule has 0 aliphatic rings. The highest BCUT2D eigenvalue weighted by molar-refractivity contribution is 7.92. The van der Waals surface area contributed by atoms with Crippen molar-refractivity contribution in [2.75, 3.05) is 0 Å². The highest BCUT2D eigenvalue weighted by Crippen LogP contribution is 2.43. The number of hydrogen-bond acceptors (Lipinski definition) is 2. The summed E-state index contributed by atoms with van der Waals surface area (Å²) in [6.45, 7) is 0. The van der Waals surface area contributed by atoms with E-state index < -0.39 is 15.1 Å². The van der Waals surface area contributed by atoms with E-state index in [1.165, 1.54) is 0 Å². The highest BCUT2D eigenvalue weighted by atomic mass is 32.2. The maximum atomic E-state index is 14.0. The third-order valence-corrected chi connectivity index (χ3v) is 7.61. The SMILES string of the molecule is O=S(=O)(c1ccccc1)C(c1ccccc1)c1c(-c2ccccc2)[nH]c2ccccc12. The van der Waals surface area contributed by atoms with Gasteiger partial charge in [0, 0.05) is 16.5 Å². The zero-order valence-electron chi connectivity index (χ0n) is 16.8. The van der Waals surface area contributed by atoms with Crippen LogP contribution in [-0.2, 0) is 9.84 Å². The van der Waals surface area contributed by atoms with Crippen LogP contribution in [0.25, 0.3) is 22.2 Å². The van der Waals surface area contributed by atoms with Crippen LogP contribution >= 0.6 is 0 Å². The summed E-state index contributed by atoms with van der Waals surface area (Å²) >= 11 is 0. The fourth-order valence-electron chi connectivity index (χ4n) is 4.14. The number of benzene rings is 4. The van der Waals surface area contributed by atoms with Gasteiger partial charge in [0.1, 0.15) is 5.25 Å². The van der Waals surface area contributed by atoms with Gasteiger partial charge < -0.3 is 4.98 Å². The summed E-state index contributed by atoms with van der Waals surface area (Å²) < 4.78 is 28.1. The van der Waals surface area contributed by atoms with Crippen molar-refractivity contribution in [1.82, 2.24) is 4.98 Å². The molecule has 1 aromatic heterocycles. The van der Waals surface area contributed by atoms with Crippen molar-refractivity contribution in [2.45, 2.75) is 10.1 Å². The van der Waals surface area contributed by atoms with Gasteiger partial charge in [0.2, 0.25) is 0 Å². The number of hydrogen-bond donors (Lipinski definition) is 1. The molecule has 4 aromatic carbocycles. The lowest BCUT2D eigenvalue weighted by atomic mass is 9.98. The Labute approximate surface area is 181 Å². The largest absolute Gasteiger partial charge is 0.354 e. The normalized spacial score (nSPS) is 12.6. The van der Waals surface area contributed by atoms with Crippen molar-refractivity contribution in [3.63, 3.8) is 0 Å². The topological polar surface area (TPSA) is 49.9 Å². The average Bonchev–Trinajstić information content (AvgIpc) is 3.20. The molecular weight excluding hydrogens is 402 g/mol. The van der Waals surface area contributed by atoms with E-state index in [-0.39, 0.29) is 0 Å². The quantitative estimate of drug-likeness (QED) is 0.356. The van der Waals surface area contributed by atoms with E-state index in [1.807, 2.05) is 91.0 Å². The van der Waals surface area contributed by atoms with Crippen LogP contribution in [0.3, 0.4) is 0 Å². The molecule has 1 atom stereocenters. The minimum Gasteiger partial charge on any atom is -0.354 e. The molecule has 0 aliphatic heterocycles. The van der Waals surface area contributed by atoms with Crippen LogP contribution in [0.15, 0.2) is 120 Å². The van der Waals surface area contributed by atoms with Crippen molar-refractivity contribution < 1.29 is 8.42 Å². The van der Waals surface area contributed by atoms with Crippen LogP contribution in [0.5, 0.6) is 0 Å². The molecule has 0 bridgehead atoms. The molecule has 0 amide bonds. The molecule has 0 radical (unpaired) electrons. The molecule has 0 saturated heterocycles. The first-order valence-electron chi connectivity index (χ1n) is 10.2. The van der Waals surface area contributed by atoms with E-state index in [1.54, 1.807) is 24.3 Å².